The van der Waals surface area contributed by atoms with Gasteiger partial charge in [-0.2, -0.15) is 0 Å². The van der Waals surface area contributed by atoms with Crippen molar-refractivity contribution in [3.8, 4) is 0 Å². The lowest BCUT2D eigenvalue weighted by Gasteiger charge is -2.31. The predicted molar refractivity (Wildman–Crippen MR) is 108 cm³/mol. The molecule has 1 fully saturated rings. The molecule has 0 aliphatic carbocycles. The van der Waals surface area contributed by atoms with Crippen molar-refractivity contribution in [1.82, 2.24) is 4.90 Å². The number of anilines is 1. The molecule has 130 valence electrons. The standard InChI is InChI=1S/C17H28N4O.HI/c1-13(2)15-5-4-6-16(11-15)20-17(18)19-12-14(3)21-7-9-22-10-8-21;/h4-6,11,13-14H,7-10,12H2,1-3H3,(H3,18,19,20);1H. The van der Waals surface area contributed by atoms with Gasteiger partial charge in [-0.3, -0.25) is 9.89 Å². The molecule has 6 heteroatoms. The molecule has 0 saturated carbocycles. The first-order valence-electron chi connectivity index (χ1n) is 8.05. The van der Waals surface area contributed by atoms with Gasteiger partial charge in [0.05, 0.1) is 19.8 Å². The largest absolute Gasteiger partial charge is 0.379 e. The highest BCUT2D eigenvalue weighted by atomic mass is 127. The number of nitrogens with two attached hydrogens (primary N) is 1. The maximum absolute atomic E-state index is 6.01. The van der Waals surface area contributed by atoms with Crippen molar-refractivity contribution in [2.24, 2.45) is 10.7 Å². The first kappa shape index (κ1) is 20.2. The maximum Gasteiger partial charge on any atom is 0.193 e. The number of aliphatic imine (C=N–C) groups is 1. The van der Waals surface area contributed by atoms with Crippen LogP contribution in [-0.4, -0.2) is 49.7 Å². The zero-order valence-electron chi connectivity index (χ0n) is 14.3. The van der Waals surface area contributed by atoms with Crippen molar-refractivity contribution in [1.29, 1.82) is 0 Å². The van der Waals surface area contributed by atoms with Crippen LogP contribution in [0.4, 0.5) is 5.69 Å². The van der Waals surface area contributed by atoms with E-state index < -0.39 is 0 Å². The topological polar surface area (TPSA) is 62.9 Å². The number of hydrogen-bond acceptors (Lipinski definition) is 3. The second kappa shape index (κ2) is 10.1. The molecule has 1 unspecified atom stereocenters. The summed E-state index contributed by atoms with van der Waals surface area (Å²) in [4.78, 5) is 6.86. The Morgan fingerprint density at radius 3 is 2.65 bits per heavy atom. The molecule has 5 nitrogen and oxygen atoms in total. The third-order valence-corrected chi connectivity index (χ3v) is 4.02. The van der Waals surface area contributed by atoms with Crippen molar-refractivity contribution < 1.29 is 4.74 Å². The number of halogens is 1. The van der Waals surface area contributed by atoms with Crippen LogP contribution in [0.25, 0.3) is 0 Å². The fraction of sp³-hybridized carbons (Fsp3) is 0.588. The lowest BCUT2D eigenvalue weighted by atomic mass is 10.0. The minimum atomic E-state index is 0. The predicted octanol–water partition coefficient (Wildman–Crippen LogP) is 2.88. The molecule has 0 spiro atoms. The molecule has 0 aromatic heterocycles. The molecule has 3 N–H and O–H groups in total. The summed E-state index contributed by atoms with van der Waals surface area (Å²) >= 11 is 0. The van der Waals surface area contributed by atoms with Gasteiger partial charge in [0.1, 0.15) is 0 Å². The molecular weight excluding hydrogens is 403 g/mol. The van der Waals surface area contributed by atoms with Crippen LogP contribution >= 0.6 is 24.0 Å². The second-order valence-electron chi connectivity index (χ2n) is 6.13. The quantitative estimate of drug-likeness (QED) is 0.427. The van der Waals surface area contributed by atoms with Gasteiger partial charge in [0.25, 0.3) is 0 Å². The maximum atomic E-state index is 6.01. The molecular formula is C17H29IN4O. The van der Waals surface area contributed by atoms with Crippen LogP contribution in [0.1, 0.15) is 32.3 Å². The molecule has 1 heterocycles. The van der Waals surface area contributed by atoms with Gasteiger partial charge in [-0.05, 0) is 30.5 Å². The summed E-state index contributed by atoms with van der Waals surface area (Å²) in [5, 5.41) is 3.18. The summed E-state index contributed by atoms with van der Waals surface area (Å²) in [6.07, 6.45) is 0. The Labute approximate surface area is 156 Å². The van der Waals surface area contributed by atoms with Crippen molar-refractivity contribution in [3.63, 3.8) is 0 Å². The van der Waals surface area contributed by atoms with Crippen LogP contribution in [0.5, 0.6) is 0 Å². The Balaban J connectivity index is 0.00000264. The molecule has 23 heavy (non-hydrogen) atoms. The molecule has 0 radical (unpaired) electrons. The Hall–Kier alpha value is -0.860. The number of benzene rings is 1. The highest BCUT2D eigenvalue weighted by Crippen LogP contribution is 2.18. The zero-order valence-corrected chi connectivity index (χ0v) is 16.6. The summed E-state index contributed by atoms with van der Waals surface area (Å²) in [7, 11) is 0. The molecule has 1 saturated heterocycles. The number of nitrogens with zero attached hydrogens (tertiary/aromatic N) is 2. The van der Waals surface area contributed by atoms with Gasteiger partial charge in [0.15, 0.2) is 5.96 Å². The first-order chi connectivity index (χ1) is 10.6. The van der Waals surface area contributed by atoms with Crippen molar-refractivity contribution in [3.05, 3.63) is 29.8 Å². The molecule has 1 atom stereocenters. The molecule has 1 aliphatic heterocycles. The molecule has 1 aromatic carbocycles. The summed E-state index contributed by atoms with van der Waals surface area (Å²) in [6.45, 7) is 10.8. The van der Waals surface area contributed by atoms with Gasteiger partial charge in [-0.15, -0.1) is 24.0 Å². The normalized spacial score (nSPS) is 17.7. The van der Waals surface area contributed by atoms with Gasteiger partial charge in [-0.25, -0.2) is 0 Å². The van der Waals surface area contributed by atoms with E-state index >= 15 is 0 Å². The van der Waals surface area contributed by atoms with E-state index in [4.69, 9.17) is 10.5 Å². The highest BCUT2D eigenvalue weighted by Gasteiger charge is 2.16. The minimum absolute atomic E-state index is 0. The Bertz CT molecular complexity index is 501. The lowest BCUT2D eigenvalue weighted by molar-refractivity contribution is 0.0221. The van der Waals surface area contributed by atoms with E-state index in [2.05, 4.69) is 48.1 Å². The average Bonchev–Trinajstić information content (AvgIpc) is 2.53. The summed E-state index contributed by atoms with van der Waals surface area (Å²) in [5.74, 6) is 0.974. The van der Waals surface area contributed by atoms with Crippen molar-refractivity contribution in [2.45, 2.75) is 32.7 Å². The van der Waals surface area contributed by atoms with Crippen molar-refractivity contribution >= 4 is 35.6 Å². The van der Waals surface area contributed by atoms with Crippen LogP contribution in [-0.2, 0) is 4.74 Å². The lowest BCUT2D eigenvalue weighted by Crippen LogP contribution is -2.43. The number of morpholine rings is 1. The molecule has 2 rings (SSSR count). The molecule has 1 aliphatic rings. The SMILES string of the molecule is CC(C)c1cccc(NC(N)=NCC(C)N2CCOCC2)c1.I. The number of ether oxygens (including phenoxy) is 1. The van der Waals surface area contributed by atoms with Gasteiger partial charge < -0.3 is 15.8 Å². The smallest absolute Gasteiger partial charge is 0.193 e. The molecule has 0 amide bonds. The van der Waals surface area contributed by atoms with E-state index in [1.54, 1.807) is 0 Å². The van der Waals surface area contributed by atoms with Gasteiger partial charge in [0, 0.05) is 24.8 Å². The fourth-order valence-corrected chi connectivity index (χ4v) is 2.53. The van der Waals surface area contributed by atoms with Gasteiger partial charge in [-0.1, -0.05) is 26.0 Å². The number of nitrogens with one attached hydrogen (secondary N) is 1. The average molecular weight is 432 g/mol. The van der Waals surface area contributed by atoms with Crippen LogP contribution < -0.4 is 11.1 Å². The zero-order chi connectivity index (χ0) is 15.9. The van der Waals surface area contributed by atoms with E-state index in [1.807, 2.05) is 12.1 Å². The summed E-state index contributed by atoms with van der Waals surface area (Å²) < 4.78 is 5.37. The molecule has 0 bridgehead atoms. The van der Waals surface area contributed by atoms with E-state index in [9.17, 15) is 0 Å². The van der Waals surface area contributed by atoms with Crippen LogP contribution in [0.2, 0.25) is 0 Å². The van der Waals surface area contributed by atoms with Gasteiger partial charge in [0.2, 0.25) is 0 Å². The Morgan fingerprint density at radius 1 is 1.30 bits per heavy atom. The number of hydrogen-bond donors (Lipinski definition) is 2. The van der Waals surface area contributed by atoms with Crippen LogP contribution in [0.15, 0.2) is 29.3 Å². The molecule has 1 aromatic rings. The Kier molecular flexibility index (Phi) is 8.86. The minimum Gasteiger partial charge on any atom is -0.379 e. The van der Waals surface area contributed by atoms with E-state index in [0.29, 0.717) is 24.5 Å². The summed E-state index contributed by atoms with van der Waals surface area (Å²) in [6, 6.07) is 8.69. The second-order valence-corrected chi connectivity index (χ2v) is 6.13. The number of guanidine groups is 1. The van der Waals surface area contributed by atoms with Crippen molar-refractivity contribution in [2.75, 3.05) is 38.2 Å². The third kappa shape index (κ3) is 6.64. The van der Waals surface area contributed by atoms with E-state index in [-0.39, 0.29) is 24.0 Å². The summed E-state index contributed by atoms with van der Waals surface area (Å²) in [5.41, 5.74) is 8.29. The fourth-order valence-electron chi connectivity index (χ4n) is 2.53. The van der Waals surface area contributed by atoms with E-state index in [0.717, 1.165) is 32.0 Å². The van der Waals surface area contributed by atoms with Crippen LogP contribution in [0, 0.1) is 0 Å². The number of rotatable bonds is 5. The van der Waals surface area contributed by atoms with Crippen LogP contribution in [0.3, 0.4) is 0 Å². The first-order valence-corrected chi connectivity index (χ1v) is 8.05. The van der Waals surface area contributed by atoms with Gasteiger partial charge >= 0.3 is 0 Å². The monoisotopic (exact) mass is 432 g/mol. The highest BCUT2D eigenvalue weighted by molar-refractivity contribution is 14.0. The Morgan fingerprint density at radius 2 is 2.00 bits per heavy atom. The third-order valence-electron chi connectivity index (χ3n) is 4.02. The van der Waals surface area contributed by atoms with E-state index in [1.165, 1.54) is 5.56 Å².